The van der Waals surface area contributed by atoms with E-state index in [1.165, 1.54) is 37.7 Å². The van der Waals surface area contributed by atoms with Crippen molar-refractivity contribution in [1.29, 1.82) is 0 Å². The second-order valence-corrected chi connectivity index (χ2v) is 8.91. The minimum Gasteiger partial charge on any atom is -0.0843 e. The largest absolute Gasteiger partial charge is 0.0843 e. The average molecular weight is 374 g/mol. The van der Waals surface area contributed by atoms with Gasteiger partial charge in [0.15, 0.2) is 0 Å². The molecule has 0 spiro atoms. The number of halogens is 3. The van der Waals surface area contributed by atoms with Gasteiger partial charge in [-0.2, -0.15) is 0 Å². The van der Waals surface area contributed by atoms with Crippen LogP contribution in [0.5, 0.6) is 0 Å². The fraction of sp³-hybridized carbons (Fsp3) is 0.647. The summed E-state index contributed by atoms with van der Waals surface area (Å²) in [5.74, 6) is 4.57. The quantitative estimate of drug-likeness (QED) is 0.519. The van der Waals surface area contributed by atoms with Crippen molar-refractivity contribution in [3.63, 3.8) is 0 Å². The van der Waals surface area contributed by atoms with E-state index < -0.39 is 0 Å². The van der Waals surface area contributed by atoms with Crippen molar-refractivity contribution in [3.05, 3.63) is 33.8 Å². The molecule has 0 amide bonds. The fourth-order valence-electron chi connectivity index (χ4n) is 5.38. The van der Waals surface area contributed by atoms with Gasteiger partial charge < -0.3 is 0 Å². The summed E-state index contributed by atoms with van der Waals surface area (Å²) >= 11 is 16.6. The third kappa shape index (κ3) is 2.25. The van der Waals surface area contributed by atoms with Crippen LogP contribution >= 0.6 is 39.1 Å². The Balaban J connectivity index is 1.65. The van der Waals surface area contributed by atoms with Gasteiger partial charge in [-0.1, -0.05) is 39.1 Å². The lowest BCUT2D eigenvalue weighted by Gasteiger charge is -2.55. The summed E-state index contributed by atoms with van der Waals surface area (Å²) in [4.78, 5) is 0.365. The summed E-state index contributed by atoms with van der Waals surface area (Å²) in [6.45, 7) is 0. The second kappa shape index (κ2) is 5.18. The maximum atomic E-state index is 6.42. The molecule has 0 radical (unpaired) electrons. The normalized spacial score (nSPS) is 40.0. The van der Waals surface area contributed by atoms with Gasteiger partial charge in [-0.3, -0.25) is 0 Å². The van der Waals surface area contributed by atoms with Crippen molar-refractivity contribution >= 4 is 39.1 Å². The van der Waals surface area contributed by atoms with Gasteiger partial charge in [0, 0.05) is 14.9 Å². The highest BCUT2D eigenvalue weighted by Crippen LogP contribution is 2.61. The van der Waals surface area contributed by atoms with Gasteiger partial charge in [-0.25, -0.2) is 0 Å². The Hall–Kier alpha value is 0.280. The molecule has 1 aromatic carbocycles. The van der Waals surface area contributed by atoms with E-state index in [9.17, 15) is 0 Å². The monoisotopic (exact) mass is 372 g/mol. The Morgan fingerprint density at radius 2 is 1.55 bits per heavy atom. The molecule has 1 unspecified atom stereocenters. The zero-order chi connectivity index (χ0) is 13.9. The molecule has 1 aromatic rings. The predicted octanol–water partition coefficient (Wildman–Crippen LogP) is 6.50. The Morgan fingerprint density at radius 3 is 2.15 bits per heavy atom. The minimum absolute atomic E-state index is 0.365. The van der Waals surface area contributed by atoms with Crippen molar-refractivity contribution in [2.45, 2.75) is 36.9 Å². The highest BCUT2D eigenvalue weighted by atomic mass is 79.9. The maximum Gasteiger partial charge on any atom is 0.0450 e. The Kier molecular flexibility index (Phi) is 3.60. The minimum atomic E-state index is 0.365. The molecule has 0 saturated heterocycles. The fourth-order valence-corrected chi connectivity index (χ4v) is 7.17. The van der Waals surface area contributed by atoms with Crippen LogP contribution in [-0.4, -0.2) is 0 Å². The summed E-state index contributed by atoms with van der Waals surface area (Å²) in [5.41, 5.74) is 1.19. The third-order valence-electron chi connectivity index (χ3n) is 5.89. The highest BCUT2D eigenvalue weighted by Gasteiger charge is 2.50. The van der Waals surface area contributed by atoms with Crippen molar-refractivity contribution in [2.24, 2.45) is 29.6 Å². The maximum absolute atomic E-state index is 6.42. The summed E-state index contributed by atoms with van der Waals surface area (Å²) < 4.78 is 0. The van der Waals surface area contributed by atoms with E-state index in [1.807, 2.05) is 18.2 Å². The van der Waals surface area contributed by atoms with Gasteiger partial charge in [0.25, 0.3) is 0 Å². The zero-order valence-corrected chi connectivity index (χ0v) is 14.5. The topological polar surface area (TPSA) is 0 Å². The third-order valence-corrected chi connectivity index (χ3v) is 7.58. The average Bonchev–Trinajstić information content (AvgIpc) is 2.40. The number of hydrogen-bond acceptors (Lipinski definition) is 0. The molecule has 4 bridgehead atoms. The van der Waals surface area contributed by atoms with Crippen LogP contribution in [-0.2, 0) is 0 Å². The molecule has 4 fully saturated rings. The van der Waals surface area contributed by atoms with E-state index in [0.29, 0.717) is 4.83 Å². The molecule has 1 atom stereocenters. The molecule has 108 valence electrons. The first-order chi connectivity index (χ1) is 9.61. The van der Waals surface area contributed by atoms with Gasteiger partial charge in [-0.15, -0.1) is 0 Å². The highest BCUT2D eigenvalue weighted by molar-refractivity contribution is 9.09. The van der Waals surface area contributed by atoms with Crippen LogP contribution in [0.25, 0.3) is 0 Å². The van der Waals surface area contributed by atoms with Crippen molar-refractivity contribution in [2.75, 3.05) is 0 Å². The lowest BCUT2D eigenvalue weighted by Crippen LogP contribution is -2.46. The van der Waals surface area contributed by atoms with E-state index in [2.05, 4.69) is 15.9 Å². The Bertz CT molecular complexity index is 500. The van der Waals surface area contributed by atoms with E-state index >= 15 is 0 Å². The summed E-state index contributed by atoms with van der Waals surface area (Å²) in [5, 5.41) is 1.64. The van der Waals surface area contributed by atoms with Gasteiger partial charge in [0.2, 0.25) is 0 Å². The van der Waals surface area contributed by atoms with E-state index in [4.69, 9.17) is 23.2 Å². The first kappa shape index (κ1) is 13.9. The van der Waals surface area contributed by atoms with Gasteiger partial charge >= 0.3 is 0 Å². The molecule has 0 heterocycles. The first-order valence-corrected chi connectivity index (χ1v) is 9.38. The number of rotatable bonds is 2. The summed E-state index contributed by atoms with van der Waals surface area (Å²) in [7, 11) is 0. The van der Waals surface area contributed by atoms with Crippen LogP contribution in [0.1, 0.15) is 42.5 Å². The van der Waals surface area contributed by atoms with Crippen molar-refractivity contribution in [1.82, 2.24) is 0 Å². The van der Waals surface area contributed by atoms with Crippen LogP contribution in [0.15, 0.2) is 18.2 Å². The number of alkyl halides is 1. The molecule has 4 saturated carbocycles. The molecular formula is C17H19BrCl2. The van der Waals surface area contributed by atoms with Gasteiger partial charge in [0.05, 0.1) is 0 Å². The molecular weight excluding hydrogens is 355 g/mol. The number of benzene rings is 1. The number of hydrogen-bond donors (Lipinski definition) is 0. The first-order valence-electron chi connectivity index (χ1n) is 7.71. The zero-order valence-electron chi connectivity index (χ0n) is 11.4. The van der Waals surface area contributed by atoms with E-state index in [-0.39, 0.29) is 0 Å². The predicted molar refractivity (Wildman–Crippen MR) is 88.7 cm³/mol. The molecule has 0 nitrogen and oxygen atoms in total. The van der Waals surface area contributed by atoms with Crippen LogP contribution in [0.4, 0.5) is 0 Å². The molecule has 4 aliphatic carbocycles. The van der Waals surface area contributed by atoms with Gasteiger partial charge in [0.1, 0.15) is 0 Å². The molecule has 3 heteroatoms. The Labute approximate surface area is 139 Å². The SMILES string of the molecule is Clc1ccc(Cl)c(C(Br)C2C3CC4CC(C3)CC2C4)c1. The smallest absolute Gasteiger partial charge is 0.0450 e. The van der Waals surface area contributed by atoms with E-state index in [0.717, 1.165) is 39.6 Å². The van der Waals surface area contributed by atoms with Crippen LogP contribution < -0.4 is 0 Å². The van der Waals surface area contributed by atoms with Crippen molar-refractivity contribution in [3.8, 4) is 0 Å². The molecule has 0 aromatic heterocycles. The summed E-state index contributed by atoms with van der Waals surface area (Å²) in [6.07, 6.45) is 7.27. The Morgan fingerprint density at radius 1 is 0.950 bits per heavy atom. The second-order valence-electron chi connectivity index (χ2n) is 7.08. The van der Waals surface area contributed by atoms with Crippen LogP contribution in [0, 0.1) is 29.6 Å². The van der Waals surface area contributed by atoms with E-state index in [1.54, 1.807) is 0 Å². The molecule has 0 aliphatic heterocycles. The van der Waals surface area contributed by atoms with Gasteiger partial charge in [-0.05, 0) is 85.5 Å². The molecule has 5 rings (SSSR count). The lowest BCUT2D eigenvalue weighted by atomic mass is 9.51. The molecule has 0 N–H and O–H groups in total. The molecule has 20 heavy (non-hydrogen) atoms. The van der Waals surface area contributed by atoms with Crippen molar-refractivity contribution < 1.29 is 0 Å². The van der Waals surface area contributed by atoms with Crippen LogP contribution in [0.2, 0.25) is 10.0 Å². The summed E-state index contributed by atoms with van der Waals surface area (Å²) in [6, 6.07) is 5.86. The lowest BCUT2D eigenvalue weighted by molar-refractivity contribution is -0.0364. The van der Waals surface area contributed by atoms with Crippen LogP contribution in [0.3, 0.4) is 0 Å². The molecule has 4 aliphatic rings. The standard InChI is InChI=1S/C17H19BrCl2/c18-17(14-8-13(19)1-2-15(14)20)16-11-4-9-3-10(6-11)7-12(16)5-9/h1-2,8-12,16-17H,3-7H2.